The minimum Gasteiger partial charge on any atom is -0.474 e. The van der Waals surface area contributed by atoms with Crippen LogP contribution in [0.4, 0.5) is 10.6 Å². The Hall–Kier alpha value is -2.91. The van der Waals surface area contributed by atoms with E-state index in [9.17, 15) is 9.59 Å². The first kappa shape index (κ1) is 16.9. The van der Waals surface area contributed by atoms with Crippen LogP contribution in [0.1, 0.15) is 32.7 Å². The summed E-state index contributed by atoms with van der Waals surface area (Å²) in [4.78, 5) is 25.6. The van der Waals surface area contributed by atoms with Gasteiger partial charge in [0.05, 0.1) is 6.10 Å². The van der Waals surface area contributed by atoms with Crippen LogP contribution in [0.3, 0.4) is 0 Å². The number of ether oxygens (including phenoxy) is 1. The molecule has 0 radical (unpaired) electrons. The van der Waals surface area contributed by atoms with Gasteiger partial charge in [-0.1, -0.05) is 0 Å². The van der Waals surface area contributed by atoms with E-state index in [0.29, 0.717) is 37.6 Å². The van der Waals surface area contributed by atoms with Gasteiger partial charge in [0.1, 0.15) is 6.33 Å². The highest BCUT2D eigenvalue weighted by molar-refractivity contribution is 5.88. The molecule has 0 bridgehead atoms. The second-order valence-electron chi connectivity index (χ2n) is 6.14. The Bertz CT molecular complexity index is 760. The molecule has 2 N–H and O–H groups in total. The Morgan fingerprint density at radius 2 is 2.08 bits per heavy atom. The lowest BCUT2D eigenvalue weighted by molar-refractivity contribution is 0.182. The van der Waals surface area contributed by atoms with Crippen molar-refractivity contribution in [3.8, 4) is 5.88 Å². The van der Waals surface area contributed by atoms with Gasteiger partial charge in [-0.3, -0.25) is 9.88 Å². The molecule has 2 aromatic rings. The first-order valence-electron chi connectivity index (χ1n) is 8.21. The number of anilines is 1. The van der Waals surface area contributed by atoms with Gasteiger partial charge in [-0.25, -0.2) is 14.7 Å². The highest BCUT2D eigenvalue weighted by Crippen LogP contribution is 2.21. The fourth-order valence-electron chi connectivity index (χ4n) is 2.74. The topological polar surface area (TPSA) is 118 Å². The van der Waals surface area contributed by atoms with Crippen molar-refractivity contribution >= 4 is 11.8 Å². The molecule has 10 nitrogen and oxygen atoms in total. The molecule has 0 aromatic carbocycles. The van der Waals surface area contributed by atoms with Crippen LogP contribution < -0.4 is 15.7 Å². The van der Waals surface area contributed by atoms with Gasteiger partial charge in [-0.05, 0) is 32.8 Å². The average molecular weight is 347 g/mol. The van der Waals surface area contributed by atoms with E-state index in [1.807, 2.05) is 13.8 Å². The largest absolute Gasteiger partial charge is 0.474 e. The number of piperidine rings is 1. The molecule has 134 valence electrons. The van der Waals surface area contributed by atoms with E-state index in [-0.39, 0.29) is 23.9 Å². The molecule has 0 atom stereocenters. The molecule has 1 aliphatic heterocycles. The Morgan fingerprint density at radius 3 is 2.64 bits per heavy atom. The van der Waals surface area contributed by atoms with Crippen LogP contribution >= 0.6 is 0 Å². The molecular weight excluding hydrogens is 326 g/mol. The summed E-state index contributed by atoms with van der Waals surface area (Å²) in [6.07, 6.45) is 2.90. The predicted octanol–water partition coefficient (Wildman–Crippen LogP) is 1.02. The van der Waals surface area contributed by atoms with Crippen LogP contribution in [0.15, 0.2) is 23.3 Å². The summed E-state index contributed by atoms with van der Waals surface area (Å²) in [5.74, 6) is 0.786. The first-order chi connectivity index (χ1) is 12.0. The normalized spacial score (nSPS) is 15.4. The number of likely N-dealkylation sites (tertiary alicyclic amines) is 1. The van der Waals surface area contributed by atoms with Crippen LogP contribution in [-0.4, -0.2) is 55.1 Å². The lowest BCUT2D eigenvalue weighted by Gasteiger charge is -2.31. The number of carbonyl (C=O) groups is 1. The van der Waals surface area contributed by atoms with Crippen molar-refractivity contribution in [1.82, 2.24) is 29.9 Å². The summed E-state index contributed by atoms with van der Waals surface area (Å²) in [7, 11) is 0. The molecule has 2 amide bonds. The number of hydrogen-bond donors (Lipinski definition) is 2. The molecule has 1 aliphatic rings. The number of urea groups is 1. The van der Waals surface area contributed by atoms with Crippen molar-refractivity contribution in [2.24, 2.45) is 0 Å². The van der Waals surface area contributed by atoms with Gasteiger partial charge >= 0.3 is 11.7 Å². The fourth-order valence-corrected chi connectivity index (χ4v) is 2.74. The van der Waals surface area contributed by atoms with Crippen LogP contribution in [-0.2, 0) is 0 Å². The van der Waals surface area contributed by atoms with E-state index in [1.165, 1.54) is 6.33 Å². The highest BCUT2D eigenvalue weighted by atomic mass is 16.5. The Morgan fingerprint density at radius 1 is 1.32 bits per heavy atom. The summed E-state index contributed by atoms with van der Waals surface area (Å²) in [5.41, 5.74) is -0.220. The number of amides is 2. The third-order valence-electron chi connectivity index (χ3n) is 3.95. The van der Waals surface area contributed by atoms with Crippen molar-refractivity contribution in [1.29, 1.82) is 0 Å². The smallest absolute Gasteiger partial charge is 0.343 e. The van der Waals surface area contributed by atoms with Gasteiger partial charge < -0.3 is 9.64 Å². The number of aromatic nitrogens is 5. The zero-order valence-electron chi connectivity index (χ0n) is 14.2. The van der Waals surface area contributed by atoms with Gasteiger partial charge in [0.15, 0.2) is 5.82 Å². The second-order valence-corrected chi connectivity index (χ2v) is 6.14. The fraction of sp³-hybridized carbons (Fsp3) is 0.533. The molecule has 0 spiro atoms. The lowest BCUT2D eigenvalue weighted by atomic mass is 10.1. The van der Waals surface area contributed by atoms with Crippen LogP contribution in [0.2, 0.25) is 0 Å². The number of nitrogens with zero attached hydrogens (tertiary/aromatic N) is 5. The molecule has 1 saturated heterocycles. The maximum absolute atomic E-state index is 12.3. The number of nitrogens with one attached hydrogen (secondary N) is 2. The molecule has 10 heteroatoms. The molecule has 25 heavy (non-hydrogen) atoms. The number of hydrogen-bond acceptors (Lipinski definition) is 6. The standard InChI is InChI=1S/C15H21N7O3/c1-10(2)25-13-4-3-12(18-19-13)17-14(23)21-7-5-11(6-8-21)22-9-16-20-15(22)24/h3-4,9-11H,5-8H2,1-2H3,(H,20,24)(H,17,18,23). The lowest BCUT2D eigenvalue weighted by Crippen LogP contribution is -2.42. The third kappa shape index (κ3) is 4.14. The van der Waals surface area contributed by atoms with Crippen molar-refractivity contribution in [3.63, 3.8) is 0 Å². The summed E-state index contributed by atoms with van der Waals surface area (Å²) in [6, 6.07) is 3.15. The van der Waals surface area contributed by atoms with E-state index >= 15 is 0 Å². The number of rotatable bonds is 4. The highest BCUT2D eigenvalue weighted by Gasteiger charge is 2.25. The Balaban J connectivity index is 1.52. The van der Waals surface area contributed by atoms with Gasteiger partial charge in [0, 0.05) is 25.2 Å². The first-order valence-corrected chi connectivity index (χ1v) is 8.21. The second kappa shape index (κ2) is 7.32. The predicted molar refractivity (Wildman–Crippen MR) is 89.5 cm³/mol. The summed E-state index contributed by atoms with van der Waals surface area (Å²) in [5, 5.41) is 16.7. The molecule has 3 rings (SSSR count). The zero-order chi connectivity index (χ0) is 17.8. The van der Waals surface area contributed by atoms with Crippen LogP contribution in [0.5, 0.6) is 5.88 Å². The van der Waals surface area contributed by atoms with Gasteiger partial charge in [-0.2, -0.15) is 5.10 Å². The Kier molecular flexibility index (Phi) is 4.96. The number of carbonyl (C=O) groups excluding carboxylic acids is 1. The van der Waals surface area contributed by atoms with E-state index in [0.717, 1.165) is 0 Å². The Labute approximate surface area is 144 Å². The minimum atomic E-state index is -0.232. The van der Waals surface area contributed by atoms with E-state index in [2.05, 4.69) is 25.7 Å². The summed E-state index contributed by atoms with van der Waals surface area (Å²) in [6.45, 7) is 4.91. The SMILES string of the molecule is CC(C)Oc1ccc(NC(=O)N2CCC(n3cn[nH]c3=O)CC2)nn1. The van der Waals surface area contributed by atoms with Gasteiger partial charge in [-0.15, -0.1) is 10.2 Å². The minimum absolute atomic E-state index is 0.0128. The van der Waals surface area contributed by atoms with Gasteiger partial charge in [0.25, 0.3) is 0 Å². The van der Waals surface area contributed by atoms with E-state index in [1.54, 1.807) is 21.6 Å². The van der Waals surface area contributed by atoms with Crippen molar-refractivity contribution in [2.45, 2.75) is 38.8 Å². The monoisotopic (exact) mass is 347 g/mol. The number of H-pyrrole nitrogens is 1. The molecule has 2 aromatic heterocycles. The number of aromatic amines is 1. The van der Waals surface area contributed by atoms with E-state index < -0.39 is 0 Å². The van der Waals surface area contributed by atoms with Gasteiger partial charge in [0.2, 0.25) is 5.88 Å². The zero-order valence-corrected chi connectivity index (χ0v) is 14.2. The summed E-state index contributed by atoms with van der Waals surface area (Å²) < 4.78 is 6.99. The molecular formula is C15H21N7O3. The quantitative estimate of drug-likeness (QED) is 0.852. The van der Waals surface area contributed by atoms with Crippen LogP contribution in [0, 0.1) is 0 Å². The van der Waals surface area contributed by atoms with E-state index in [4.69, 9.17) is 4.74 Å². The maximum Gasteiger partial charge on any atom is 0.343 e. The third-order valence-corrected chi connectivity index (χ3v) is 3.95. The molecule has 0 saturated carbocycles. The van der Waals surface area contributed by atoms with Crippen molar-refractivity contribution in [3.05, 3.63) is 28.9 Å². The van der Waals surface area contributed by atoms with Crippen molar-refractivity contribution in [2.75, 3.05) is 18.4 Å². The molecule has 0 unspecified atom stereocenters. The molecule has 3 heterocycles. The average Bonchev–Trinajstić information content (AvgIpc) is 3.02. The van der Waals surface area contributed by atoms with Crippen molar-refractivity contribution < 1.29 is 9.53 Å². The molecule has 1 fully saturated rings. The van der Waals surface area contributed by atoms with Crippen LogP contribution in [0.25, 0.3) is 0 Å². The molecule has 0 aliphatic carbocycles. The summed E-state index contributed by atoms with van der Waals surface area (Å²) >= 11 is 0. The maximum atomic E-state index is 12.3.